The fourth-order valence-electron chi connectivity index (χ4n) is 3.35. The normalized spacial score (nSPS) is 17.3. The predicted molar refractivity (Wildman–Crippen MR) is 116 cm³/mol. The smallest absolute Gasteiger partial charge is 0.145 e. The number of ether oxygens (including phenoxy) is 1. The van der Waals surface area contributed by atoms with Crippen molar-refractivity contribution in [2.24, 2.45) is 5.16 Å². The first-order chi connectivity index (χ1) is 14.4. The molecule has 0 saturated heterocycles. The van der Waals surface area contributed by atoms with Crippen LogP contribution < -0.4 is 0 Å². The van der Waals surface area contributed by atoms with Crippen LogP contribution >= 0.6 is 11.6 Å². The maximum absolute atomic E-state index is 14.2. The molecule has 0 spiro atoms. The molecule has 1 aliphatic rings. The topological polar surface area (TPSA) is 54.3 Å². The Labute approximate surface area is 182 Å². The third-order valence-electron chi connectivity index (χ3n) is 4.81. The molecule has 1 heterocycles. The van der Waals surface area contributed by atoms with Crippen molar-refractivity contribution >= 4 is 17.3 Å². The number of oxime groups is 1. The third-order valence-corrected chi connectivity index (χ3v) is 5.07. The lowest BCUT2D eigenvalue weighted by Crippen LogP contribution is -2.39. The molecule has 0 aromatic heterocycles. The van der Waals surface area contributed by atoms with E-state index in [1.54, 1.807) is 12.1 Å². The van der Waals surface area contributed by atoms with Crippen molar-refractivity contribution in [3.05, 3.63) is 70.5 Å². The van der Waals surface area contributed by atoms with Crippen LogP contribution in [-0.2, 0) is 16.1 Å². The Morgan fingerprint density at radius 1 is 1.23 bits per heavy atom. The molecular formula is C23H28ClFN2O3. The van der Waals surface area contributed by atoms with E-state index >= 15 is 0 Å². The monoisotopic (exact) mass is 434 g/mol. The van der Waals surface area contributed by atoms with Crippen molar-refractivity contribution in [3.63, 3.8) is 0 Å². The minimum Gasteiger partial charge on any atom is -0.390 e. The molecule has 0 bridgehead atoms. The van der Waals surface area contributed by atoms with Crippen molar-refractivity contribution in [2.75, 3.05) is 19.7 Å². The molecule has 0 unspecified atom stereocenters. The Morgan fingerprint density at radius 2 is 1.97 bits per heavy atom. The largest absolute Gasteiger partial charge is 0.390 e. The first-order valence-corrected chi connectivity index (χ1v) is 10.5. The minimum atomic E-state index is -0.683. The predicted octanol–water partition coefficient (Wildman–Crippen LogP) is 4.26. The van der Waals surface area contributed by atoms with Gasteiger partial charge in [-0.05, 0) is 37.6 Å². The van der Waals surface area contributed by atoms with E-state index < -0.39 is 6.10 Å². The number of hydrogen-bond donors (Lipinski definition) is 1. The number of aliphatic hydroxyl groups is 1. The Kier molecular flexibility index (Phi) is 8.22. The summed E-state index contributed by atoms with van der Waals surface area (Å²) in [5.41, 5.74) is 2.39. The number of rotatable bonds is 10. The fourth-order valence-corrected chi connectivity index (χ4v) is 3.48. The van der Waals surface area contributed by atoms with Gasteiger partial charge in [-0.2, -0.15) is 0 Å². The van der Waals surface area contributed by atoms with Gasteiger partial charge in [-0.15, -0.1) is 0 Å². The lowest BCUT2D eigenvalue weighted by atomic mass is 10.0. The SMILES string of the molecule is CC(C)OC[C@H](O)CN(Cc1ccccc1F)C[C@H]1CC(c2ccc(Cl)cc2)=NO1. The molecule has 5 nitrogen and oxygen atoms in total. The van der Waals surface area contributed by atoms with Crippen LogP contribution in [0, 0.1) is 5.82 Å². The van der Waals surface area contributed by atoms with Crippen molar-refractivity contribution in [2.45, 2.75) is 45.1 Å². The van der Waals surface area contributed by atoms with Gasteiger partial charge >= 0.3 is 0 Å². The van der Waals surface area contributed by atoms with Gasteiger partial charge in [0.25, 0.3) is 0 Å². The first kappa shape index (κ1) is 22.7. The van der Waals surface area contributed by atoms with Crippen LogP contribution in [-0.4, -0.2) is 53.7 Å². The van der Waals surface area contributed by atoms with E-state index in [2.05, 4.69) is 5.16 Å². The highest BCUT2D eigenvalue weighted by molar-refractivity contribution is 6.30. The molecule has 2 aromatic rings. The zero-order valence-electron chi connectivity index (χ0n) is 17.3. The second-order valence-corrected chi connectivity index (χ2v) is 8.23. The molecule has 0 amide bonds. The van der Waals surface area contributed by atoms with Crippen molar-refractivity contribution < 1.29 is 19.1 Å². The average molecular weight is 435 g/mol. The highest BCUT2D eigenvalue weighted by Crippen LogP contribution is 2.20. The van der Waals surface area contributed by atoms with Crippen LogP contribution in [0.1, 0.15) is 31.4 Å². The molecule has 1 aliphatic heterocycles. The highest BCUT2D eigenvalue weighted by Gasteiger charge is 2.26. The van der Waals surface area contributed by atoms with Crippen LogP contribution in [0.5, 0.6) is 0 Å². The number of benzene rings is 2. The van der Waals surface area contributed by atoms with Gasteiger partial charge in [-0.3, -0.25) is 4.90 Å². The van der Waals surface area contributed by atoms with Crippen molar-refractivity contribution in [1.29, 1.82) is 0 Å². The van der Waals surface area contributed by atoms with E-state index in [1.807, 2.05) is 49.1 Å². The Hall–Kier alpha value is -1.99. The quantitative estimate of drug-likeness (QED) is 0.607. The van der Waals surface area contributed by atoms with Gasteiger partial charge in [-0.1, -0.05) is 47.1 Å². The maximum atomic E-state index is 14.2. The van der Waals surface area contributed by atoms with E-state index in [1.165, 1.54) is 6.07 Å². The molecule has 0 radical (unpaired) electrons. The molecule has 7 heteroatoms. The van der Waals surface area contributed by atoms with Crippen LogP contribution in [0.2, 0.25) is 5.02 Å². The summed E-state index contributed by atoms with van der Waals surface area (Å²) in [6.45, 7) is 5.29. The molecule has 2 atom stereocenters. The first-order valence-electron chi connectivity index (χ1n) is 10.1. The van der Waals surface area contributed by atoms with Crippen LogP contribution in [0.4, 0.5) is 4.39 Å². The van der Waals surface area contributed by atoms with Gasteiger partial charge in [-0.25, -0.2) is 4.39 Å². The van der Waals surface area contributed by atoms with E-state index in [4.69, 9.17) is 21.2 Å². The summed E-state index contributed by atoms with van der Waals surface area (Å²) in [5, 5.41) is 15.3. The summed E-state index contributed by atoms with van der Waals surface area (Å²) in [5.74, 6) is -0.263. The van der Waals surface area contributed by atoms with Crippen molar-refractivity contribution in [1.82, 2.24) is 4.90 Å². The van der Waals surface area contributed by atoms with E-state index in [0.717, 1.165) is 11.3 Å². The summed E-state index contributed by atoms with van der Waals surface area (Å²) >= 11 is 5.96. The second-order valence-electron chi connectivity index (χ2n) is 7.80. The fraction of sp³-hybridized carbons (Fsp3) is 0.435. The summed E-state index contributed by atoms with van der Waals surface area (Å²) in [7, 11) is 0. The Morgan fingerprint density at radius 3 is 2.67 bits per heavy atom. The summed E-state index contributed by atoms with van der Waals surface area (Å²) in [4.78, 5) is 7.62. The molecule has 2 aromatic carbocycles. The van der Waals surface area contributed by atoms with Crippen LogP contribution in [0.3, 0.4) is 0 Å². The zero-order chi connectivity index (χ0) is 21.5. The maximum Gasteiger partial charge on any atom is 0.145 e. The minimum absolute atomic E-state index is 0.0353. The van der Waals surface area contributed by atoms with Crippen molar-refractivity contribution in [3.8, 4) is 0 Å². The summed E-state index contributed by atoms with van der Waals surface area (Å²) in [6.07, 6.45) is -0.195. The van der Waals surface area contributed by atoms with Gasteiger partial charge in [0.05, 0.1) is 24.5 Å². The molecule has 1 N–H and O–H groups in total. The highest BCUT2D eigenvalue weighted by atomic mass is 35.5. The van der Waals surface area contributed by atoms with Crippen LogP contribution in [0.15, 0.2) is 53.7 Å². The zero-order valence-corrected chi connectivity index (χ0v) is 18.1. The number of aliphatic hydroxyl groups excluding tert-OH is 1. The second kappa shape index (κ2) is 10.9. The lowest BCUT2D eigenvalue weighted by Gasteiger charge is -2.27. The molecule has 0 saturated carbocycles. The molecular weight excluding hydrogens is 407 g/mol. The molecule has 30 heavy (non-hydrogen) atoms. The Balaban J connectivity index is 1.63. The average Bonchev–Trinajstić information content (AvgIpc) is 3.17. The van der Waals surface area contributed by atoms with E-state index in [0.29, 0.717) is 36.6 Å². The van der Waals surface area contributed by atoms with Gasteiger partial charge in [0.15, 0.2) is 0 Å². The number of hydrogen-bond acceptors (Lipinski definition) is 5. The standard InChI is InChI=1S/C23H28ClFN2O3/c1-16(2)29-15-20(28)13-27(12-18-5-3-4-6-22(18)25)14-21-11-23(26-30-21)17-7-9-19(24)10-8-17/h3-10,16,20-21,28H,11-15H2,1-2H3/t20-,21-/m1/s1. The Bertz CT molecular complexity index is 845. The van der Waals surface area contributed by atoms with Gasteiger partial charge in [0.2, 0.25) is 0 Å². The van der Waals surface area contributed by atoms with Gasteiger partial charge in [0.1, 0.15) is 11.9 Å². The number of halogens is 2. The van der Waals surface area contributed by atoms with Crippen LogP contribution in [0.25, 0.3) is 0 Å². The third kappa shape index (κ3) is 6.77. The van der Waals surface area contributed by atoms with E-state index in [9.17, 15) is 9.50 Å². The van der Waals surface area contributed by atoms with E-state index in [-0.39, 0.29) is 24.6 Å². The molecule has 162 valence electrons. The van der Waals surface area contributed by atoms with Gasteiger partial charge in [0, 0.05) is 36.6 Å². The molecule has 0 fully saturated rings. The summed E-state index contributed by atoms with van der Waals surface area (Å²) < 4.78 is 19.7. The summed E-state index contributed by atoms with van der Waals surface area (Å²) in [6, 6.07) is 14.1. The number of nitrogens with zero attached hydrogens (tertiary/aromatic N) is 2. The molecule has 0 aliphatic carbocycles. The lowest BCUT2D eigenvalue weighted by molar-refractivity contribution is -0.0196. The van der Waals surface area contributed by atoms with Gasteiger partial charge < -0.3 is 14.7 Å². The molecule has 3 rings (SSSR count).